The van der Waals surface area contributed by atoms with E-state index in [-0.39, 0.29) is 17.6 Å². The number of rotatable bonds is 5. The van der Waals surface area contributed by atoms with Gasteiger partial charge in [0, 0.05) is 36.9 Å². The van der Waals surface area contributed by atoms with E-state index in [0.29, 0.717) is 17.2 Å². The van der Waals surface area contributed by atoms with Crippen LogP contribution < -0.4 is 16.0 Å². The third kappa shape index (κ3) is 5.24. The molecule has 1 aromatic carbocycles. The van der Waals surface area contributed by atoms with Crippen molar-refractivity contribution in [1.82, 2.24) is 20.3 Å². The Morgan fingerprint density at radius 2 is 1.94 bits per heavy atom. The fraction of sp³-hybridized carbons (Fsp3) is 0.364. The summed E-state index contributed by atoms with van der Waals surface area (Å²) in [6.07, 6.45) is 2.58. The molecule has 2 heterocycles. The Hall–Kier alpha value is -3.33. The maximum absolute atomic E-state index is 14.5. The fourth-order valence-electron chi connectivity index (χ4n) is 2.93. The molecule has 0 aliphatic heterocycles. The minimum Gasteiger partial charge on any atom is -0.391 e. The number of hydrogen-bond acceptors (Lipinski definition) is 6. The van der Waals surface area contributed by atoms with E-state index in [0.717, 1.165) is 16.5 Å². The second kappa shape index (κ2) is 8.81. The number of aliphatic hydroxyl groups excluding tert-OH is 1. The fourth-order valence-corrected chi connectivity index (χ4v) is 2.93. The lowest BCUT2D eigenvalue weighted by atomic mass is 9.89. The van der Waals surface area contributed by atoms with Gasteiger partial charge in [0.1, 0.15) is 5.82 Å². The van der Waals surface area contributed by atoms with Crippen molar-refractivity contribution in [3.8, 4) is 11.1 Å². The number of hydrogen-bond donors (Lipinski definition) is 4. The molecule has 8 nitrogen and oxygen atoms in total. The zero-order chi connectivity index (χ0) is 22.8. The van der Waals surface area contributed by atoms with Crippen molar-refractivity contribution in [2.45, 2.75) is 33.8 Å². The van der Waals surface area contributed by atoms with Gasteiger partial charge >= 0.3 is 6.03 Å². The number of pyridine rings is 1. The molecular weight excluding hydrogens is 399 g/mol. The molecule has 0 spiro atoms. The van der Waals surface area contributed by atoms with Gasteiger partial charge in [-0.2, -0.15) is 4.98 Å². The monoisotopic (exact) mass is 426 g/mol. The number of amides is 2. The van der Waals surface area contributed by atoms with E-state index in [4.69, 9.17) is 0 Å². The van der Waals surface area contributed by atoms with Crippen LogP contribution in [-0.2, 0) is 0 Å². The van der Waals surface area contributed by atoms with Crippen LogP contribution in [0.25, 0.3) is 22.2 Å². The van der Waals surface area contributed by atoms with E-state index in [1.165, 1.54) is 6.07 Å². The molecule has 31 heavy (non-hydrogen) atoms. The summed E-state index contributed by atoms with van der Waals surface area (Å²) < 4.78 is 14.5. The highest BCUT2D eigenvalue weighted by Gasteiger charge is 2.22. The van der Waals surface area contributed by atoms with Crippen LogP contribution in [0, 0.1) is 18.2 Å². The molecule has 0 aliphatic carbocycles. The van der Waals surface area contributed by atoms with E-state index in [2.05, 4.69) is 30.9 Å². The first-order valence-corrected chi connectivity index (χ1v) is 9.92. The molecule has 2 aromatic heterocycles. The standard InChI is InChI=1S/C22H27FN6O2/c1-12-6-16(23)17(28-21(31)27-11-18(30)22(2,3)4)8-15(12)13-7-14-10-26-20(24-5)29-19(14)25-9-13/h6-10,18,30H,11H2,1-5H3,(H2,27,28,31)(H,24,25,26,29)/t18-/m0/s1. The summed E-state index contributed by atoms with van der Waals surface area (Å²) in [5, 5.41) is 18.8. The van der Waals surface area contributed by atoms with Crippen LogP contribution in [0.4, 0.5) is 20.8 Å². The Labute approximate surface area is 180 Å². The van der Waals surface area contributed by atoms with Crippen molar-refractivity contribution >= 4 is 28.7 Å². The van der Waals surface area contributed by atoms with Gasteiger partial charge < -0.3 is 21.1 Å². The number of fused-ring (bicyclic) bond motifs is 1. The highest BCUT2D eigenvalue weighted by molar-refractivity contribution is 5.91. The molecule has 0 fully saturated rings. The second-order valence-electron chi connectivity index (χ2n) is 8.44. The Morgan fingerprint density at radius 3 is 2.61 bits per heavy atom. The van der Waals surface area contributed by atoms with Crippen molar-refractivity contribution in [1.29, 1.82) is 0 Å². The highest BCUT2D eigenvalue weighted by Crippen LogP contribution is 2.30. The SMILES string of the molecule is CNc1ncc2cc(-c3cc(NC(=O)NC[C@H](O)C(C)(C)C)c(F)cc3C)cnc2n1. The maximum Gasteiger partial charge on any atom is 0.319 e. The minimum absolute atomic E-state index is 0.0326. The normalized spacial score (nSPS) is 12.5. The molecule has 3 rings (SSSR count). The molecule has 0 unspecified atom stereocenters. The predicted molar refractivity (Wildman–Crippen MR) is 119 cm³/mol. The molecule has 0 radical (unpaired) electrons. The van der Waals surface area contributed by atoms with Gasteiger partial charge in [0.05, 0.1) is 11.8 Å². The molecule has 1 atom stereocenters. The summed E-state index contributed by atoms with van der Waals surface area (Å²) in [5.74, 6) is -0.0803. The number of nitrogens with one attached hydrogen (secondary N) is 3. The van der Waals surface area contributed by atoms with Gasteiger partial charge in [-0.05, 0) is 41.7 Å². The van der Waals surface area contributed by atoms with Crippen LogP contribution in [0.2, 0.25) is 0 Å². The largest absolute Gasteiger partial charge is 0.391 e. The van der Waals surface area contributed by atoms with Crippen molar-refractivity contribution in [3.05, 3.63) is 42.0 Å². The van der Waals surface area contributed by atoms with E-state index in [1.54, 1.807) is 32.4 Å². The quantitative estimate of drug-likeness (QED) is 0.495. The van der Waals surface area contributed by atoms with Gasteiger partial charge in [-0.3, -0.25) is 0 Å². The highest BCUT2D eigenvalue weighted by atomic mass is 19.1. The number of aryl methyl sites for hydroxylation is 1. The van der Waals surface area contributed by atoms with Crippen LogP contribution in [-0.4, -0.2) is 45.8 Å². The number of halogens is 1. The number of aliphatic hydroxyl groups is 1. The van der Waals surface area contributed by atoms with Crippen molar-refractivity contribution < 1.29 is 14.3 Å². The topological polar surface area (TPSA) is 112 Å². The molecule has 3 aromatic rings. The van der Waals surface area contributed by atoms with Gasteiger partial charge in [0.15, 0.2) is 5.65 Å². The smallest absolute Gasteiger partial charge is 0.319 e. The lowest BCUT2D eigenvalue weighted by Gasteiger charge is -2.25. The third-order valence-corrected chi connectivity index (χ3v) is 4.99. The van der Waals surface area contributed by atoms with Crippen LogP contribution in [0.3, 0.4) is 0 Å². The van der Waals surface area contributed by atoms with Crippen molar-refractivity contribution in [2.75, 3.05) is 24.2 Å². The lowest BCUT2D eigenvalue weighted by molar-refractivity contribution is 0.0654. The predicted octanol–water partition coefficient (Wildman–Crippen LogP) is 3.71. The summed E-state index contributed by atoms with van der Waals surface area (Å²) in [7, 11) is 1.73. The third-order valence-electron chi connectivity index (χ3n) is 4.99. The first-order chi connectivity index (χ1) is 14.6. The van der Waals surface area contributed by atoms with Gasteiger partial charge in [0.25, 0.3) is 0 Å². The Bertz CT molecular complexity index is 1110. The zero-order valence-electron chi connectivity index (χ0n) is 18.2. The van der Waals surface area contributed by atoms with E-state index >= 15 is 0 Å². The van der Waals surface area contributed by atoms with Gasteiger partial charge in [-0.15, -0.1) is 0 Å². The van der Waals surface area contributed by atoms with Crippen LogP contribution in [0.5, 0.6) is 0 Å². The molecular formula is C22H27FN6O2. The average Bonchev–Trinajstić information content (AvgIpc) is 2.72. The summed E-state index contributed by atoms with van der Waals surface area (Å²) in [5.41, 5.74) is 2.36. The number of nitrogens with zero attached hydrogens (tertiary/aromatic N) is 3. The Balaban J connectivity index is 1.84. The lowest BCUT2D eigenvalue weighted by Crippen LogP contribution is -2.41. The second-order valence-corrected chi connectivity index (χ2v) is 8.44. The molecule has 164 valence electrons. The van der Waals surface area contributed by atoms with Crippen molar-refractivity contribution in [2.24, 2.45) is 5.41 Å². The van der Waals surface area contributed by atoms with Crippen LogP contribution in [0.15, 0.2) is 30.6 Å². The number of aromatic nitrogens is 3. The Kier molecular flexibility index (Phi) is 6.35. The molecule has 0 saturated heterocycles. The number of urea groups is 1. The maximum atomic E-state index is 14.5. The summed E-state index contributed by atoms with van der Waals surface area (Å²) >= 11 is 0. The molecule has 2 amide bonds. The Morgan fingerprint density at radius 1 is 1.19 bits per heavy atom. The first kappa shape index (κ1) is 22.4. The van der Waals surface area contributed by atoms with Gasteiger partial charge in [-0.1, -0.05) is 20.8 Å². The molecule has 0 bridgehead atoms. The van der Waals surface area contributed by atoms with Gasteiger partial charge in [0.2, 0.25) is 5.95 Å². The summed E-state index contributed by atoms with van der Waals surface area (Å²) in [6.45, 7) is 7.44. The zero-order valence-corrected chi connectivity index (χ0v) is 18.2. The minimum atomic E-state index is -0.731. The number of benzene rings is 1. The van der Waals surface area contributed by atoms with Crippen molar-refractivity contribution in [3.63, 3.8) is 0 Å². The molecule has 9 heteroatoms. The number of carbonyl (C=O) groups excluding carboxylic acids is 1. The summed E-state index contributed by atoms with van der Waals surface area (Å²) in [6, 6.07) is 4.20. The first-order valence-electron chi connectivity index (χ1n) is 9.92. The molecule has 0 saturated carbocycles. The average molecular weight is 426 g/mol. The number of anilines is 2. The van der Waals surface area contributed by atoms with E-state index in [9.17, 15) is 14.3 Å². The van der Waals surface area contributed by atoms with Crippen LogP contribution >= 0.6 is 0 Å². The molecule has 0 aliphatic rings. The van der Waals surface area contributed by atoms with E-state index in [1.807, 2.05) is 26.8 Å². The molecule has 4 N–H and O–H groups in total. The van der Waals surface area contributed by atoms with Gasteiger partial charge in [-0.25, -0.2) is 19.2 Å². The summed E-state index contributed by atoms with van der Waals surface area (Å²) in [4.78, 5) is 25.1. The van der Waals surface area contributed by atoms with Crippen LogP contribution in [0.1, 0.15) is 26.3 Å². The number of carbonyl (C=O) groups is 1. The van der Waals surface area contributed by atoms with E-state index < -0.39 is 18.0 Å².